The van der Waals surface area contributed by atoms with Crippen LogP contribution in [-0.4, -0.2) is 0 Å². The Kier molecular flexibility index (Phi) is 2.47. The highest BCUT2D eigenvalue weighted by atomic mass is 35.5. The molecule has 60 valence electrons. The van der Waals surface area contributed by atoms with Gasteiger partial charge in [-0.05, 0) is 18.1 Å². The molecule has 0 heterocycles. The number of benzene rings is 1. The molecule has 1 aromatic rings. The molecule has 1 nitrogen and oxygen atoms in total. The van der Waals surface area contributed by atoms with Crippen LogP contribution >= 0.6 is 11.6 Å². The van der Waals surface area contributed by atoms with Crippen molar-refractivity contribution in [2.45, 2.75) is 13.5 Å². The fourth-order valence-corrected chi connectivity index (χ4v) is 1.13. The molecule has 0 saturated carbocycles. The smallest absolute Gasteiger partial charge is 0.145 e. The Morgan fingerprint density at radius 3 is 2.73 bits per heavy atom. The van der Waals surface area contributed by atoms with Gasteiger partial charge in [0.15, 0.2) is 0 Å². The molecule has 0 aliphatic heterocycles. The Morgan fingerprint density at radius 2 is 2.18 bits per heavy atom. The Morgan fingerprint density at radius 1 is 1.55 bits per heavy atom. The van der Waals surface area contributed by atoms with Gasteiger partial charge in [0.25, 0.3) is 0 Å². The first-order valence-electron chi connectivity index (χ1n) is 3.30. The summed E-state index contributed by atoms with van der Waals surface area (Å²) < 4.78 is 13.0. The van der Waals surface area contributed by atoms with Crippen LogP contribution in [0.5, 0.6) is 0 Å². The van der Waals surface area contributed by atoms with Crippen molar-refractivity contribution in [2.24, 2.45) is 5.73 Å². The van der Waals surface area contributed by atoms with Gasteiger partial charge >= 0.3 is 0 Å². The monoisotopic (exact) mass is 173 g/mol. The van der Waals surface area contributed by atoms with Crippen LogP contribution in [0.25, 0.3) is 0 Å². The Balaban J connectivity index is 3.25. The number of nitrogens with two attached hydrogens (primary N) is 1. The summed E-state index contributed by atoms with van der Waals surface area (Å²) in [6.07, 6.45) is 0. The number of hydrogen-bond donors (Lipinski definition) is 1. The zero-order valence-electron chi connectivity index (χ0n) is 6.20. The topological polar surface area (TPSA) is 26.0 Å². The van der Waals surface area contributed by atoms with Crippen molar-refractivity contribution in [3.63, 3.8) is 0 Å². The molecule has 1 rings (SSSR count). The highest BCUT2D eigenvalue weighted by Gasteiger charge is 2.06. The molecule has 0 bridgehead atoms. The molecule has 0 aliphatic rings. The van der Waals surface area contributed by atoms with Gasteiger partial charge in [-0.25, -0.2) is 4.39 Å². The van der Waals surface area contributed by atoms with E-state index in [-0.39, 0.29) is 17.4 Å². The number of rotatable bonds is 1. The minimum Gasteiger partial charge on any atom is -0.326 e. The van der Waals surface area contributed by atoms with Crippen molar-refractivity contribution in [3.8, 4) is 0 Å². The van der Waals surface area contributed by atoms with Crippen molar-refractivity contribution in [2.75, 3.05) is 0 Å². The van der Waals surface area contributed by atoms with E-state index in [2.05, 4.69) is 0 Å². The predicted octanol–water partition coefficient (Wildman–Crippen LogP) is 2.25. The maximum Gasteiger partial charge on any atom is 0.145 e. The number of halogens is 2. The second-order valence-corrected chi connectivity index (χ2v) is 2.75. The van der Waals surface area contributed by atoms with Gasteiger partial charge < -0.3 is 5.73 Å². The average Bonchev–Trinajstić information content (AvgIpc) is 2.01. The molecule has 0 aliphatic carbocycles. The first-order valence-corrected chi connectivity index (χ1v) is 3.68. The third kappa shape index (κ3) is 1.52. The van der Waals surface area contributed by atoms with Crippen molar-refractivity contribution >= 4 is 11.6 Å². The molecule has 0 amide bonds. The van der Waals surface area contributed by atoms with E-state index in [1.165, 1.54) is 0 Å². The quantitative estimate of drug-likeness (QED) is 0.693. The van der Waals surface area contributed by atoms with Gasteiger partial charge in [0, 0.05) is 6.54 Å². The van der Waals surface area contributed by atoms with E-state index >= 15 is 0 Å². The summed E-state index contributed by atoms with van der Waals surface area (Å²) >= 11 is 5.64. The molecule has 2 N–H and O–H groups in total. The maximum absolute atomic E-state index is 13.0. The minimum atomic E-state index is -0.366. The highest BCUT2D eigenvalue weighted by molar-refractivity contribution is 6.31. The number of hydrogen-bond acceptors (Lipinski definition) is 1. The first kappa shape index (κ1) is 8.50. The third-order valence-corrected chi connectivity index (χ3v) is 1.98. The van der Waals surface area contributed by atoms with Gasteiger partial charge in [-0.3, -0.25) is 0 Å². The van der Waals surface area contributed by atoms with Gasteiger partial charge in [-0.2, -0.15) is 0 Å². The molecular weight excluding hydrogens is 165 g/mol. The van der Waals surface area contributed by atoms with Crippen LogP contribution < -0.4 is 5.73 Å². The molecular formula is C8H9ClFN. The lowest BCUT2D eigenvalue weighted by Gasteiger charge is -2.03. The normalized spacial score (nSPS) is 10.2. The van der Waals surface area contributed by atoms with E-state index in [0.717, 1.165) is 0 Å². The fourth-order valence-electron chi connectivity index (χ4n) is 0.844. The summed E-state index contributed by atoms with van der Waals surface area (Å²) in [4.78, 5) is 0. The molecule has 0 radical (unpaired) electrons. The zero-order valence-corrected chi connectivity index (χ0v) is 6.95. The Bertz CT molecular complexity index is 273. The van der Waals surface area contributed by atoms with Crippen molar-refractivity contribution < 1.29 is 4.39 Å². The summed E-state index contributed by atoms with van der Waals surface area (Å²) in [5, 5.41) is 0.146. The minimum absolute atomic E-state index is 0.146. The summed E-state index contributed by atoms with van der Waals surface area (Å²) in [6, 6.07) is 3.41. The average molecular weight is 174 g/mol. The van der Waals surface area contributed by atoms with Crippen LogP contribution in [-0.2, 0) is 6.54 Å². The Hall–Kier alpha value is -0.600. The van der Waals surface area contributed by atoms with Gasteiger partial charge in [-0.15, -0.1) is 0 Å². The molecule has 0 spiro atoms. The molecule has 0 unspecified atom stereocenters. The largest absolute Gasteiger partial charge is 0.326 e. The van der Waals surface area contributed by atoms with Crippen LogP contribution in [0, 0.1) is 12.7 Å². The van der Waals surface area contributed by atoms with Gasteiger partial charge in [-0.1, -0.05) is 23.7 Å². The van der Waals surface area contributed by atoms with Gasteiger partial charge in [0.2, 0.25) is 0 Å². The predicted molar refractivity (Wildman–Crippen MR) is 44.0 cm³/mol. The second-order valence-electron chi connectivity index (χ2n) is 2.37. The molecule has 11 heavy (non-hydrogen) atoms. The van der Waals surface area contributed by atoms with Crippen molar-refractivity contribution in [1.82, 2.24) is 0 Å². The van der Waals surface area contributed by atoms with Gasteiger partial charge in [0.1, 0.15) is 5.82 Å². The van der Waals surface area contributed by atoms with E-state index in [4.69, 9.17) is 17.3 Å². The first-order chi connectivity index (χ1) is 5.16. The third-order valence-electron chi connectivity index (χ3n) is 1.58. The van der Waals surface area contributed by atoms with E-state index in [0.29, 0.717) is 11.1 Å². The second kappa shape index (κ2) is 3.20. The van der Waals surface area contributed by atoms with Crippen molar-refractivity contribution in [3.05, 3.63) is 34.1 Å². The van der Waals surface area contributed by atoms with E-state index in [1.54, 1.807) is 19.1 Å². The standard InChI is InChI=1S/C8H9ClFN/c1-5-2-3-6(4-11)7(9)8(5)10/h2-3H,4,11H2,1H3. The lowest BCUT2D eigenvalue weighted by molar-refractivity contribution is 0.616. The molecule has 1 aromatic carbocycles. The summed E-state index contributed by atoms with van der Waals surface area (Å²) in [6.45, 7) is 1.94. The summed E-state index contributed by atoms with van der Waals surface area (Å²) in [7, 11) is 0. The SMILES string of the molecule is Cc1ccc(CN)c(Cl)c1F. The fraction of sp³-hybridized carbons (Fsp3) is 0.250. The molecule has 0 atom stereocenters. The molecule has 0 saturated heterocycles. The zero-order chi connectivity index (χ0) is 8.43. The van der Waals surface area contributed by atoms with Crippen LogP contribution in [0.15, 0.2) is 12.1 Å². The highest BCUT2D eigenvalue weighted by Crippen LogP contribution is 2.21. The molecule has 0 fully saturated rings. The maximum atomic E-state index is 13.0. The van der Waals surface area contributed by atoms with E-state index in [9.17, 15) is 4.39 Å². The Labute approximate surface area is 70.0 Å². The summed E-state index contributed by atoms with van der Waals surface area (Å²) in [5.74, 6) is -0.366. The lowest BCUT2D eigenvalue weighted by Crippen LogP contribution is -1.99. The van der Waals surface area contributed by atoms with E-state index in [1.807, 2.05) is 0 Å². The summed E-state index contributed by atoms with van der Waals surface area (Å²) in [5.41, 5.74) is 6.51. The number of aryl methyl sites for hydroxylation is 1. The van der Waals surface area contributed by atoms with Crippen LogP contribution in [0.1, 0.15) is 11.1 Å². The van der Waals surface area contributed by atoms with Crippen LogP contribution in [0.2, 0.25) is 5.02 Å². The van der Waals surface area contributed by atoms with Crippen LogP contribution in [0.4, 0.5) is 4.39 Å². The van der Waals surface area contributed by atoms with Crippen molar-refractivity contribution in [1.29, 1.82) is 0 Å². The molecule has 0 aromatic heterocycles. The lowest BCUT2D eigenvalue weighted by atomic mass is 10.1. The molecule has 3 heteroatoms. The van der Waals surface area contributed by atoms with Gasteiger partial charge in [0.05, 0.1) is 5.02 Å². The van der Waals surface area contributed by atoms with E-state index < -0.39 is 0 Å². The van der Waals surface area contributed by atoms with Crippen LogP contribution in [0.3, 0.4) is 0 Å².